The zero-order valence-electron chi connectivity index (χ0n) is 20.8. The van der Waals surface area contributed by atoms with Gasteiger partial charge in [0.1, 0.15) is 17.5 Å². The number of hydrogen-bond acceptors (Lipinski definition) is 9. The predicted molar refractivity (Wildman–Crippen MR) is 145 cm³/mol. The summed E-state index contributed by atoms with van der Waals surface area (Å²) in [6.45, 7) is 4.09. The van der Waals surface area contributed by atoms with Crippen LogP contribution >= 0.6 is 0 Å². The molecule has 9 heteroatoms. The van der Waals surface area contributed by atoms with Crippen molar-refractivity contribution in [1.82, 2.24) is 20.3 Å². The van der Waals surface area contributed by atoms with Crippen molar-refractivity contribution in [3.63, 3.8) is 0 Å². The van der Waals surface area contributed by atoms with Gasteiger partial charge in [-0.05, 0) is 54.1 Å². The van der Waals surface area contributed by atoms with Gasteiger partial charge >= 0.3 is 0 Å². The first-order valence-electron chi connectivity index (χ1n) is 11.3. The number of aromatic nitrogens is 3. The molecule has 0 amide bonds. The van der Waals surface area contributed by atoms with E-state index < -0.39 is 0 Å². The van der Waals surface area contributed by atoms with E-state index in [1.807, 2.05) is 63.2 Å². The van der Waals surface area contributed by atoms with Gasteiger partial charge in [0.25, 0.3) is 0 Å². The van der Waals surface area contributed by atoms with E-state index in [-0.39, 0.29) is 5.92 Å². The summed E-state index contributed by atoms with van der Waals surface area (Å²) < 4.78 is 0. The van der Waals surface area contributed by atoms with Crippen LogP contribution in [0.15, 0.2) is 72.6 Å². The molecule has 182 valence electrons. The Hall–Kier alpha value is -4.40. The second-order valence-electron chi connectivity index (χ2n) is 8.52. The van der Waals surface area contributed by atoms with Gasteiger partial charge in [0.15, 0.2) is 0 Å². The zero-order valence-corrected chi connectivity index (χ0v) is 20.8. The fourth-order valence-corrected chi connectivity index (χ4v) is 3.41. The van der Waals surface area contributed by atoms with Crippen LogP contribution in [0.5, 0.6) is 0 Å². The molecule has 0 atom stereocenters. The molecule has 0 aromatic carbocycles. The van der Waals surface area contributed by atoms with Crippen molar-refractivity contribution in [2.45, 2.75) is 13.8 Å². The Bertz CT molecular complexity index is 1300. The lowest BCUT2D eigenvalue weighted by Gasteiger charge is -2.15. The molecule has 0 bridgehead atoms. The van der Waals surface area contributed by atoms with Crippen LogP contribution in [0.1, 0.15) is 25.0 Å². The molecule has 0 fully saturated rings. The van der Waals surface area contributed by atoms with Gasteiger partial charge in [-0.1, -0.05) is 13.8 Å². The molecule has 0 aliphatic rings. The van der Waals surface area contributed by atoms with Crippen LogP contribution in [0.4, 0.5) is 11.6 Å². The summed E-state index contributed by atoms with van der Waals surface area (Å²) in [6, 6.07) is 9.32. The summed E-state index contributed by atoms with van der Waals surface area (Å²) in [6.07, 6.45) is 8.60. The molecule has 0 radical (unpaired) electrons. The van der Waals surface area contributed by atoms with Crippen molar-refractivity contribution in [2.24, 2.45) is 17.4 Å². The number of fused-ring (bicyclic) bond motifs is 1. The highest BCUT2D eigenvalue weighted by Crippen LogP contribution is 2.24. The summed E-state index contributed by atoms with van der Waals surface area (Å²) in [5, 5.41) is 15.0. The summed E-state index contributed by atoms with van der Waals surface area (Å²) >= 11 is 0. The molecule has 0 unspecified atom stereocenters. The van der Waals surface area contributed by atoms with Gasteiger partial charge in [0.05, 0.1) is 16.7 Å². The van der Waals surface area contributed by atoms with Gasteiger partial charge in [-0.15, -0.1) is 0 Å². The summed E-state index contributed by atoms with van der Waals surface area (Å²) in [5.74, 6) is 2.06. The second kappa shape index (κ2) is 11.1. The van der Waals surface area contributed by atoms with Crippen LogP contribution in [-0.4, -0.2) is 41.8 Å². The first-order valence-corrected chi connectivity index (χ1v) is 11.3. The van der Waals surface area contributed by atoms with Crippen LogP contribution < -0.4 is 27.0 Å². The number of hydrogen-bond donors (Lipinski definition) is 5. The van der Waals surface area contributed by atoms with E-state index in [0.717, 1.165) is 28.0 Å². The third kappa shape index (κ3) is 6.14. The molecular weight excluding hydrogens is 438 g/mol. The maximum Gasteiger partial charge on any atom is 0.132 e. The Kier molecular flexibility index (Phi) is 8.04. The summed E-state index contributed by atoms with van der Waals surface area (Å²) in [7, 11) is 5.64. The maximum atomic E-state index is 8.87. The van der Waals surface area contributed by atoms with Crippen molar-refractivity contribution in [3.8, 4) is 0 Å². The molecule has 9 nitrogen and oxygen atoms in total. The van der Waals surface area contributed by atoms with E-state index in [0.29, 0.717) is 28.4 Å². The van der Waals surface area contributed by atoms with Crippen molar-refractivity contribution >= 4 is 34.0 Å². The number of pyridine rings is 3. The lowest BCUT2D eigenvalue weighted by atomic mass is 9.98. The molecule has 7 N–H and O–H groups in total. The van der Waals surface area contributed by atoms with E-state index >= 15 is 0 Å². The molecule has 0 saturated carbocycles. The van der Waals surface area contributed by atoms with Gasteiger partial charge in [-0.2, -0.15) is 0 Å². The van der Waals surface area contributed by atoms with Gasteiger partial charge < -0.3 is 27.0 Å². The van der Waals surface area contributed by atoms with Gasteiger partial charge in [0.2, 0.25) is 0 Å². The van der Waals surface area contributed by atoms with Gasteiger partial charge in [0, 0.05) is 56.4 Å². The molecule has 3 aromatic rings. The average molecular weight is 472 g/mol. The van der Waals surface area contributed by atoms with Crippen LogP contribution in [-0.2, 0) is 0 Å². The van der Waals surface area contributed by atoms with Crippen LogP contribution in [0.2, 0.25) is 0 Å². The number of rotatable bonds is 9. The third-order valence-electron chi connectivity index (χ3n) is 5.35. The minimum atomic E-state index is 0.249. The van der Waals surface area contributed by atoms with E-state index in [2.05, 4.69) is 25.6 Å². The van der Waals surface area contributed by atoms with Crippen molar-refractivity contribution < 1.29 is 0 Å². The molecule has 3 aromatic heterocycles. The lowest BCUT2D eigenvalue weighted by Crippen LogP contribution is -2.13. The SMILES string of the molecule is CN/C=C(\C(=N)c1ccnc(N(C)C)c1)c1cnc2ccc(N/C(N)=C/C(=C\N)C(C)C)nc2c1. The van der Waals surface area contributed by atoms with E-state index in [1.165, 1.54) is 0 Å². The van der Waals surface area contributed by atoms with Crippen LogP contribution in [0.3, 0.4) is 0 Å². The number of nitrogens with one attached hydrogen (secondary N) is 3. The standard InChI is InChI=1S/C26H33N9/c1-16(2)18(13-27)11-23(28)34-24-7-6-21-22(33-24)10-19(14-32-21)20(15-30-3)26(29)17-8-9-31-25(12-17)35(4)5/h6-16,29-30H,27-28H2,1-5H3,(H,33,34)/b18-13+,20-15-,23-11+,29-26?. The van der Waals surface area contributed by atoms with E-state index in [1.54, 1.807) is 37.9 Å². The molecule has 0 saturated heterocycles. The van der Waals surface area contributed by atoms with Crippen molar-refractivity contribution in [3.05, 3.63) is 83.7 Å². The molecule has 0 spiro atoms. The van der Waals surface area contributed by atoms with Crippen molar-refractivity contribution in [2.75, 3.05) is 31.4 Å². The highest BCUT2D eigenvalue weighted by atomic mass is 15.1. The Morgan fingerprint density at radius 1 is 1.09 bits per heavy atom. The summed E-state index contributed by atoms with van der Waals surface area (Å²) in [4.78, 5) is 15.5. The Balaban J connectivity index is 1.96. The van der Waals surface area contributed by atoms with Crippen LogP contribution in [0.25, 0.3) is 16.6 Å². The van der Waals surface area contributed by atoms with Gasteiger partial charge in [-0.25, -0.2) is 9.97 Å². The van der Waals surface area contributed by atoms with Crippen LogP contribution in [0, 0.1) is 11.3 Å². The number of nitrogens with zero attached hydrogens (tertiary/aromatic N) is 4. The highest BCUT2D eigenvalue weighted by Gasteiger charge is 2.14. The molecule has 3 rings (SSSR count). The van der Waals surface area contributed by atoms with E-state index in [4.69, 9.17) is 16.9 Å². The average Bonchev–Trinajstić information content (AvgIpc) is 2.84. The van der Waals surface area contributed by atoms with Gasteiger partial charge in [-0.3, -0.25) is 10.4 Å². The number of nitrogens with two attached hydrogens (primary N) is 2. The fourth-order valence-electron chi connectivity index (χ4n) is 3.41. The molecular formula is C26H33N9. The molecule has 0 aliphatic heterocycles. The van der Waals surface area contributed by atoms with E-state index in [9.17, 15) is 0 Å². The third-order valence-corrected chi connectivity index (χ3v) is 5.35. The first kappa shape index (κ1) is 25.2. The predicted octanol–water partition coefficient (Wildman–Crippen LogP) is 3.43. The Morgan fingerprint density at radius 3 is 2.51 bits per heavy atom. The minimum absolute atomic E-state index is 0.249. The second-order valence-corrected chi connectivity index (χ2v) is 8.52. The first-order chi connectivity index (χ1) is 16.7. The zero-order chi connectivity index (χ0) is 25.5. The lowest BCUT2D eigenvalue weighted by molar-refractivity contribution is 0.786. The monoisotopic (exact) mass is 471 g/mol. The Labute approximate surface area is 206 Å². The molecule has 3 heterocycles. The minimum Gasteiger partial charge on any atom is -0.404 e. The quantitative estimate of drug-likeness (QED) is 0.236. The summed E-state index contributed by atoms with van der Waals surface area (Å²) in [5.41, 5.74) is 16.8. The molecule has 35 heavy (non-hydrogen) atoms. The maximum absolute atomic E-state index is 8.87. The fraction of sp³-hybridized carbons (Fsp3) is 0.231. The largest absolute Gasteiger partial charge is 0.404 e. The number of anilines is 2. The Morgan fingerprint density at radius 2 is 1.86 bits per heavy atom. The van der Waals surface area contributed by atoms with Crippen molar-refractivity contribution in [1.29, 1.82) is 5.41 Å². The highest BCUT2D eigenvalue weighted by molar-refractivity contribution is 6.30. The smallest absolute Gasteiger partial charge is 0.132 e. The number of allylic oxidation sites excluding steroid dienone is 3. The topological polar surface area (TPSA) is 142 Å². The normalized spacial score (nSPS) is 12.7. The molecule has 0 aliphatic carbocycles.